The van der Waals surface area contributed by atoms with E-state index in [1.165, 1.54) is 0 Å². The maximum absolute atomic E-state index is 12.2. The Morgan fingerprint density at radius 3 is 2.42 bits per heavy atom. The van der Waals surface area contributed by atoms with E-state index >= 15 is 0 Å². The molecule has 0 unspecified atom stereocenters. The monoisotopic (exact) mass is 326 g/mol. The molecule has 0 saturated carbocycles. The fraction of sp³-hybridized carbons (Fsp3) is 0.263. The molecular weight excluding hydrogens is 304 g/mol. The number of carbonyl (C=O) groups excluding carboxylic acids is 2. The number of hydrazine groups is 1. The number of unbranched alkanes of at least 4 members (excludes halogenated alkanes) is 1. The van der Waals surface area contributed by atoms with Crippen LogP contribution in [0.15, 0.2) is 54.6 Å². The van der Waals surface area contributed by atoms with Crippen LogP contribution in [0.1, 0.15) is 35.7 Å². The van der Waals surface area contributed by atoms with E-state index in [0.29, 0.717) is 17.9 Å². The van der Waals surface area contributed by atoms with Crippen molar-refractivity contribution in [3.8, 4) is 5.75 Å². The first-order valence-corrected chi connectivity index (χ1v) is 8.05. The van der Waals surface area contributed by atoms with Crippen LogP contribution in [0.4, 0.5) is 0 Å². The average Bonchev–Trinajstić information content (AvgIpc) is 2.61. The zero-order chi connectivity index (χ0) is 17.2. The van der Waals surface area contributed by atoms with Crippen LogP contribution in [0, 0.1) is 0 Å². The number of amides is 2. The van der Waals surface area contributed by atoms with Gasteiger partial charge in [-0.2, -0.15) is 0 Å². The van der Waals surface area contributed by atoms with Gasteiger partial charge in [-0.25, -0.2) is 0 Å². The van der Waals surface area contributed by atoms with Crippen molar-refractivity contribution >= 4 is 11.8 Å². The van der Waals surface area contributed by atoms with E-state index in [1.54, 1.807) is 18.2 Å². The number of rotatable bonds is 7. The molecule has 2 rings (SSSR count). The molecule has 0 aliphatic carbocycles. The summed E-state index contributed by atoms with van der Waals surface area (Å²) >= 11 is 0. The molecule has 5 heteroatoms. The molecule has 126 valence electrons. The van der Waals surface area contributed by atoms with E-state index in [-0.39, 0.29) is 12.3 Å². The van der Waals surface area contributed by atoms with Crippen LogP contribution in [-0.2, 0) is 11.2 Å². The second kappa shape index (κ2) is 9.35. The zero-order valence-electron chi connectivity index (χ0n) is 13.7. The number of para-hydroxylation sites is 1. The zero-order valence-corrected chi connectivity index (χ0v) is 13.7. The summed E-state index contributed by atoms with van der Waals surface area (Å²) in [4.78, 5) is 24.1. The number of hydrogen-bond acceptors (Lipinski definition) is 3. The number of hydrogen-bond donors (Lipinski definition) is 2. The Morgan fingerprint density at radius 1 is 0.958 bits per heavy atom. The van der Waals surface area contributed by atoms with Gasteiger partial charge in [0.2, 0.25) is 5.91 Å². The maximum Gasteiger partial charge on any atom is 0.273 e. The van der Waals surface area contributed by atoms with Crippen LogP contribution >= 0.6 is 0 Å². The summed E-state index contributed by atoms with van der Waals surface area (Å²) in [5, 5.41) is 0. The Labute approximate surface area is 142 Å². The van der Waals surface area contributed by atoms with Gasteiger partial charge in [-0.05, 0) is 24.1 Å². The van der Waals surface area contributed by atoms with E-state index in [0.717, 1.165) is 18.4 Å². The van der Waals surface area contributed by atoms with E-state index in [9.17, 15) is 9.59 Å². The Hall–Kier alpha value is -2.82. The van der Waals surface area contributed by atoms with Gasteiger partial charge in [0.25, 0.3) is 5.91 Å². The third-order valence-electron chi connectivity index (χ3n) is 3.41. The molecule has 0 radical (unpaired) electrons. The van der Waals surface area contributed by atoms with Gasteiger partial charge in [0.15, 0.2) is 0 Å². The van der Waals surface area contributed by atoms with Crippen molar-refractivity contribution in [1.82, 2.24) is 10.9 Å². The largest absolute Gasteiger partial charge is 0.493 e. The number of nitrogens with one attached hydrogen (secondary N) is 2. The van der Waals surface area contributed by atoms with Gasteiger partial charge < -0.3 is 4.74 Å². The lowest BCUT2D eigenvalue weighted by atomic mass is 10.1. The van der Waals surface area contributed by atoms with Crippen molar-refractivity contribution in [1.29, 1.82) is 0 Å². The second-order valence-corrected chi connectivity index (χ2v) is 5.36. The van der Waals surface area contributed by atoms with Gasteiger partial charge in [0.1, 0.15) is 5.75 Å². The van der Waals surface area contributed by atoms with Gasteiger partial charge in [0, 0.05) is 0 Å². The van der Waals surface area contributed by atoms with E-state index < -0.39 is 5.91 Å². The predicted octanol–water partition coefficient (Wildman–Crippen LogP) is 2.87. The molecule has 24 heavy (non-hydrogen) atoms. The molecular formula is C19H22N2O3. The van der Waals surface area contributed by atoms with Crippen molar-refractivity contribution in [2.75, 3.05) is 6.61 Å². The molecule has 2 amide bonds. The Bertz CT molecular complexity index is 671. The second-order valence-electron chi connectivity index (χ2n) is 5.36. The summed E-state index contributed by atoms with van der Waals surface area (Å²) in [6.07, 6.45) is 2.14. The van der Waals surface area contributed by atoms with Crippen LogP contribution in [0.2, 0.25) is 0 Å². The Balaban J connectivity index is 1.89. The Kier molecular flexibility index (Phi) is 6.83. The molecule has 5 nitrogen and oxygen atoms in total. The normalized spacial score (nSPS) is 10.0. The number of carbonyl (C=O) groups is 2. The van der Waals surface area contributed by atoms with Gasteiger partial charge in [-0.1, -0.05) is 55.8 Å². The topological polar surface area (TPSA) is 67.4 Å². The molecule has 0 heterocycles. The highest BCUT2D eigenvalue weighted by Crippen LogP contribution is 2.18. The van der Waals surface area contributed by atoms with Crippen LogP contribution < -0.4 is 15.6 Å². The lowest BCUT2D eigenvalue weighted by Crippen LogP contribution is -2.42. The molecule has 0 aliphatic rings. The quantitative estimate of drug-likeness (QED) is 0.607. The molecule has 2 aromatic rings. The average molecular weight is 326 g/mol. The summed E-state index contributed by atoms with van der Waals surface area (Å²) in [7, 11) is 0. The molecule has 2 N–H and O–H groups in total. The highest BCUT2D eigenvalue weighted by Gasteiger charge is 2.13. The smallest absolute Gasteiger partial charge is 0.273 e. The SMILES string of the molecule is CCCCOc1ccccc1C(=O)NNC(=O)Cc1ccccc1. The predicted molar refractivity (Wildman–Crippen MR) is 92.6 cm³/mol. The number of ether oxygens (including phenoxy) is 1. The van der Waals surface area contributed by atoms with Crippen molar-refractivity contribution < 1.29 is 14.3 Å². The molecule has 2 aromatic carbocycles. The lowest BCUT2D eigenvalue weighted by molar-refractivity contribution is -0.121. The first kappa shape index (κ1) is 17.5. The number of benzene rings is 2. The van der Waals surface area contributed by atoms with Crippen LogP contribution in [0.25, 0.3) is 0 Å². The van der Waals surface area contributed by atoms with E-state index in [2.05, 4.69) is 17.8 Å². The minimum absolute atomic E-state index is 0.204. The first-order chi connectivity index (χ1) is 11.7. The van der Waals surface area contributed by atoms with Gasteiger partial charge >= 0.3 is 0 Å². The molecule has 0 aliphatic heterocycles. The first-order valence-electron chi connectivity index (χ1n) is 8.05. The summed E-state index contributed by atoms with van der Waals surface area (Å²) in [5.41, 5.74) is 6.14. The van der Waals surface area contributed by atoms with Crippen LogP contribution in [0.5, 0.6) is 5.75 Å². The lowest BCUT2D eigenvalue weighted by Gasteiger charge is -2.12. The fourth-order valence-corrected chi connectivity index (χ4v) is 2.13. The van der Waals surface area contributed by atoms with Crippen molar-refractivity contribution in [3.05, 3.63) is 65.7 Å². The summed E-state index contributed by atoms with van der Waals surface area (Å²) in [5.74, 6) is -0.164. The highest BCUT2D eigenvalue weighted by atomic mass is 16.5. The summed E-state index contributed by atoms with van der Waals surface area (Å²) in [6, 6.07) is 16.3. The Morgan fingerprint density at radius 2 is 1.67 bits per heavy atom. The van der Waals surface area contributed by atoms with Crippen molar-refractivity contribution in [2.45, 2.75) is 26.2 Å². The molecule has 0 aromatic heterocycles. The minimum atomic E-state index is -0.400. The third kappa shape index (κ3) is 5.43. The van der Waals surface area contributed by atoms with E-state index in [4.69, 9.17) is 4.74 Å². The minimum Gasteiger partial charge on any atom is -0.493 e. The van der Waals surface area contributed by atoms with Crippen molar-refractivity contribution in [2.24, 2.45) is 0 Å². The summed E-state index contributed by atoms with van der Waals surface area (Å²) in [6.45, 7) is 2.63. The summed E-state index contributed by atoms with van der Waals surface area (Å²) < 4.78 is 5.63. The molecule has 0 bridgehead atoms. The van der Waals surface area contributed by atoms with Gasteiger partial charge in [-0.15, -0.1) is 0 Å². The molecule has 0 atom stereocenters. The molecule has 0 fully saturated rings. The van der Waals surface area contributed by atoms with Gasteiger partial charge in [0.05, 0.1) is 18.6 Å². The van der Waals surface area contributed by atoms with Crippen LogP contribution in [-0.4, -0.2) is 18.4 Å². The van der Waals surface area contributed by atoms with Gasteiger partial charge in [-0.3, -0.25) is 20.4 Å². The molecule has 0 spiro atoms. The van der Waals surface area contributed by atoms with E-state index in [1.807, 2.05) is 36.4 Å². The fourth-order valence-electron chi connectivity index (χ4n) is 2.13. The third-order valence-corrected chi connectivity index (χ3v) is 3.41. The standard InChI is InChI=1S/C19H22N2O3/c1-2-3-13-24-17-12-8-7-11-16(17)19(23)21-20-18(22)14-15-9-5-4-6-10-15/h4-12H,2-3,13-14H2,1H3,(H,20,22)(H,21,23). The maximum atomic E-state index is 12.2. The highest BCUT2D eigenvalue weighted by molar-refractivity contribution is 5.97. The molecule has 0 saturated heterocycles. The van der Waals surface area contributed by atoms with Crippen LogP contribution in [0.3, 0.4) is 0 Å². The van der Waals surface area contributed by atoms with Crippen molar-refractivity contribution in [3.63, 3.8) is 0 Å².